The number of amides is 2. The van der Waals surface area contributed by atoms with Gasteiger partial charge in [0, 0.05) is 44.9 Å². The molecule has 1 aliphatic rings. The highest BCUT2D eigenvalue weighted by molar-refractivity contribution is 6.03. The van der Waals surface area contributed by atoms with Crippen LogP contribution in [0.2, 0.25) is 0 Å². The minimum atomic E-state index is -0.302. The normalized spacial score (nSPS) is 14.1. The molecule has 0 atom stereocenters. The summed E-state index contributed by atoms with van der Waals surface area (Å²) in [5, 5.41) is 2.83. The lowest BCUT2D eigenvalue weighted by Crippen LogP contribution is -2.48. The van der Waals surface area contributed by atoms with Gasteiger partial charge in [0.2, 0.25) is 5.91 Å². The number of carbonyl (C=O) groups excluding carboxylic acids is 2. The van der Waals surface area contributed by atoms with Crippen LogP contribution in [-0.4, -0.2) is 59.0 Å². The van der Waals surface area contributed by atoms with E-state index >= 15 is 0 Å². The summed E-state index contributed by atoms with van der Waals surface area (Å²) in [6.45, 7) is 8.14. The molecule has 148 valence electrons. The predicted octanol–water partition coefficient (Wildman–Crippen LogP) is 2.18. The molecule has 1 saturated heterocycles. The second-order valence-electron chi connectivity index (χ2n) is 6.90. The van der Waals surface area contributed by atoms with Crippen LogP contribution in [0.15, 0.2) is 36.7 Å². The van der Waals surface area contributed by atoms with E-state index in [4.69, 9.17) is 4.74 Å². The first-order valence-electron chi connectivity index (χ1n) is 9.33. The lowest BCUT2D eigenvalue weighted by atomic mass is 10.2. The largest absolute Gasteiger partial charge is 0.491 e. The van der Waals surface area contributed by atoms with Gasteiger partial charge in [-0.15, -0.1) is 0 Å². The molecule has 0 radical (unpaired) electrons. The second kappa shape index (κ2) is 8.69. The molecule has 1 aliphatic heterocycles. The van der Waals surface area contributed by atoms with Crippen LogP contribution in [0.1, 0.15) is 31.3 Å². The SMILES string of the molecule is CC(=O)N1CCN(c2cc(C(=O)Nc3ccc(OC(C)C)cc3)ncn2)CC1. The van der Waals surface area contributed by atoms with Gasteiger partial charge < -0.3 is 19.9 Å². The number of rotatable bonds is 5. The maximum absolute atomic E-state index is 12.5. The van der Waals surface area contributed by atoms with Crippen molar-refractivity contribution in [2.24, 2.45) is 0 Å². The predicted molar refractivity (Wildman–Crippen MR) is 107 cm³/mol. The van der Waals surface area contributed by atoms with E-state index in [2.05, 4.69) is 20.2 Å². The maximum Gasteiger partial charge on any atom is 0.274 e. The molecule has 0 bridgehead atoms. The van der Waals surface area contributed by atoms with Crippen molar-refractivity contribution in [3.05, 3.63) is 42.4 Å². The molecule has 2 heterocycles. The molecule has 2 aromatic rings. The summed E-state index contributed by atoms with van der Waals surface area (Å²) >= 11 is 0. The maximum atomic E-state index is 12.5. The number of ether oxygens (including phenoxy) is 1. The number of aromatic nitrogens is 2. The quantitative estimate of drug-likeness (QED) is 0.852. The van der Waals surface area contributed by atoms with E-state index in [0.717, 1.165) is 5.75 Å². The van der Waals surface area contributed by atoms with Crippen molar-refractivity contribution >= 4 is 23.3 Å². The summed E-state index contributed by atoms with van der Waals surface area (Å²) in [7, 11) is 0. The fraction of sp³-hybridized carbons (Fsp3) is 0.400. The van der Waals surface area contributed by atoms with E-state index in [9.17, 15) is 9.59 Å². The second-order valence-corrected chi connectivity index (χ2v) is 6.90. The van der Waals surface area contributed by atoms with Gasteiger partial charge in [0.25, 0.3) is 5.91 Å². The number of hydrogen-bond acceptors (Lipinski definition) is 6. The molecule has 8 nitrogen and oxygen atoms in total. The molecule has 0 aliphatic carbocycles. The Morgan fingerprint density at radius 1 is 1.07 bits per heavy atom. The van der Waals surface area contributed by atoms with Crippen LogP contribution in [0, 0.1) is 0 Å². The highest BCUT2D eigenvalue weighted by Crippen LogP contribution is 2.18. The first-order valence-corrected chi connectivity index (χ1v) is 9.33. The lowest BCUT2D eigenvalue weighted by Gasteiger charge is -2.34. The zero-order valence-electron chi connectivity index (χ0n) is 16.4. The number of piperazine rings is 1. The highest BCUT2D eigenvalue weighted by atomic mass is 16.5. The van der Waals surface area contributed by atoms with Crippen LogP contribution >= 0.6 is 0 Å². The average Bonchev–Trinajstić information content (AvgIpc) is 2.69. The molecule has 1 fully saturated rings. The fourth-order valence-electron chi connectivity index (χ4n) is 2.98. The van der Waals surface area contributed by atoms with Gasteiger partial charge in [-0.25, -0.2) is 9.97 Å². The number of benzene rings is 1. The van der Waals surface area contributed by atoms with Gasteiger partial charge in [-0.05, 0) is 38.1 Å². The zero-order valence-corrected chi connectivity index (χ0v) is 16.4. The summed E-state index contributed by atoms with van der Waals surface area (Å²) in [5.41, 5.74) is 0.956. The Morgan fingerprint density at radius 3 is 2.36 bits per heavy atom. The minimum Gasteiger partial charge on any atom is -0.491 e. The van der Waals surface area contributed by atoms with Crippen LogP contribution in [0.5, 0.6) is 5.75 Å². The van der Waals surface area contributed by atoms with Crippen molar-refractivity contribution in [1.82, 2.24) is 14.9 Å². The fourth-order valence-corrected chi connectivity index (χ4v) is 2.98. The van der Waals surface area contributed by atoms with Gasteiger partial charge in [0.1, 0.15) is 23.6 Å². The van der Waals surface area contributed by atoms with Crippen molar-refractivity contribution in [2.45, 2.75) is 26.9 Å². The first kappa shape index (κ1) is 19.6. The van der Waals surface area contributed by atoms with Gasteiger partial charge in [0.15, 0.2) is 0 Å². The Kier molecular flexibility index (Phi) is 6.08. The highest BCUT2D eigenvalue weighted by Gasteiger charge is 2.20. The number of hydrogen-bond donors (Lipinski definition) is 1. The van der Waals surface area contributed by atoms with Crippen molar-refractivity contribution in [3.63, 3.8) is 0 Å². The number of anilines is 2. The van der Waals surface area contributed by atoms with Crippen LogP contribution in [0.4, 0.5) is 11.5 Å². The molecule has 3 rings (SSSR count). The van der Waals surface area contributed by atoms with E-state index < -0.39 is 0 Å². The molecule has 1 aromatic heterocycles. The Labute approximate surface area is 164 Å². The van der Waals surface area contributed by atoms with Crippen LogP contribution in [0.25, 0.3) is 0 Å². The lowest BCUT2D eigenvalue weighted by molar-refractivity contribution is -0.129. The summed E-state index contributed by atoms with van der Waals surface area (Å²) in [4.78, 5) is 36.2. The van der Waals surface area contributed by atoms with Crippen molar-refractivity contribution in [2.75, 3.05) is 36.4 Å². The third-order valence-electron chi connectivity index (χ3n) is 4.42. The van der Waals surface area contributed by atoms with Gasteiger partial charge >= 0.3 is 0 Å². The van der Waals surface area contributed by atoms with Crippen molar-refractivity contribution < 1.29 is 14.3 Å². The Hall–Kier alpha value is -3.16. The van der Waals surface area contributed by atoms with Crippen LogP contribution < -0.4 is 15.0 Å². The van der Waals surface area contributed by atoms with Crippen molar-refractivity contribution in [3.8, 4) is 5.75 Å². The minimum absolute atomic E-state index is 0.0761. The van der Waals surface area contributed by atoms with E-state index in [-0.39, 0.29) is 17.9 Å². The monoisotopic (exact) mass is 383 g/mol. The molecule has 0 unspecified atom stereocenters. The van der Waals surface area contributed by atoms with Crippen molar-refractivity contribution in [1.29, 1.82) is 0 Å². The van der Waals surface area contributed by atoms with Gasteiger partial charge in [0.05, 0.1) is 6.10 Å². The van der Waals surface area contributed by atoms with E-state index in [1.807, 2.05) is 26.0 Å². The summed E-state index contributed by atoms with van der Waals surface area (Å²) < 4.78 is 5.60. The third-order valence-corrected chi connectivity index (χ3v) is 4.42. The number of carbonyl (C=O) groups is 2. The van der Waals surface area contributed by atoms with E-state index in [1.54, 1.807) is 30.0 Å². The Balaban J connectivity index is 1.63. The molecular weight excluding hydrogens is 358 g/mol. The number of nitrogens with one attached hydrogen (secondary N) is 1. The molecule has 1 aromatic carbocycles. The van der Waals surface area contributed by atoms with Crippen LogP contribution in [-0.2, 0) is 4.79 Å². The first-order chi connectivity index (χ1) is 13.4. The molecule has 0 saturated carbocycles. The molecule has 28 heavy (non-hydrogen) atoms. The van der Waals surface area contributed by atoms with E-state index in [0.29, 0.717) is 43.4 Å². The molecule has 8 heteroatoms. The summed E-state index contributed by atoms with van der Waals surface area (Å²) in [6.07, 6.45) is 1.48. The Morgan fingerprint density at radius 2 is 1.75 bits per heavy atom. The van der Waals surface area contributed by atoms with E-state index in [1.165, 1.54) is 6.33 Å². The molecule has 1 N–H and O–H groups in total. The van der Waals surface area contributed by atoms with Gasteiger partial charge in [-0.2, -0.15) is 0 Å². The summed E-state index contributed by atoms with van der Waals surface area (Å²) in [6, 6.07) is 8.89. The Bertz CT molecular complexity index is 830. The molecule has 0 spiro atoms. The molecule has 2 amide bonds. The van der Waals surface area contributed by atoms with Gasteiger partial charge in [-0.3, -0.25) is 9.59 Å². The third kappa shape index (κ3) is 4.97. The average molecular weight is 383 g/mol. The zero-order chi connectivity index (χ0) is 20.1. The smallest absolute Gasteiger partial charge is 0.274 e. The number of nitrogens with zero attached hydrogens (tertiary/aromatic N) is 4. The van der Waals surface area contributed by atoms with Crippen LogP contribution in [0.3, 0.4) is 0 Å². The van der Waals surface area contributed by atoms with Gasteiger partial charge in [-0.1, -0.05) is 0 Å². The molecular formula is C20H25N5O3. The standard InChI is InChI=1S/C20H25N5O3/c1-14(2)28-17-6-4-16(5-7-17)23-20(27)18-12-19(22-13-21-18)25-10-8-24(9-11-25)15(3)26/h4-7,12-14H,8-11H2,1-3H3,(H,23,27). The topological polar surface area (TPSA) is 87.7 Å². The summed E-state index contributed by atoms with van der Waals surface area (Å²) in [5.74, 6) is 1.21.